The molecule has 24 heavy (non-hydrogen) atoms. The van der Waals surface area contributed by atoms with E-state index in [4.69, 9.17) is 4.74 Å². The fourth-order valence-electron chi connectivity index (χ4n) is 2.41. The molecule has 0 bridgehead atoms. The second-order valence-corrected chi connectivity index (χ2v) is 7.36. The van der Waals surface area contributed by atoms with Crippen molar-refractivity contribution < 1.29 is 9.53 Å². The number of nitrogens with one attached hydrogen (secondary N) is 1. The highest BCUT2D eigenvalue weighted by molar-refractivity contribution is 9.10. The summed E-state index contributed by atoms with van der Waals surface area (Å²) in [6.07, 6.45) is 1.00. The van der Waals surface area contributed by atoms with Gasteiger partial charge in [0, 0.05) is 11.3 Å². The van der Waals surface area contributed by atoms with E-state index in [0.29, 0.717) is 18.1 Å². The van der Waals surface area contributed by atoms with Crippen molar-refractivity contribution in [2.75, 3.05) is 11.9 Å². The lowest BCUT2D eigenvalue weighted by molar-refractivity contribution is 0.102. The van der Waals surface area contributed by atoms with Crippen LogP contribution in [-0.4, -0.2) is 12.5 Å². The summed E-state index contributed by atoms with van der Waals surface area (Å²) in [4.78, 5) is 12.4. The molecule has 0 aliphatic heterocycles. The minimum Gasteiger partial charge on any atom is -0.492 e. The highest BCUT2D eigenvalue weighted by Gasteiger charge is 2.10. The average Bonchev–Trinajstić information content (AvgIpc) is 2.47. The zero-order valence-electron chi connectivity index (χ0n) is 14.7. The first-order chi connectivity index (χ1) is 11.3. The maximum Gasteiger partial charge on any atom is 0.255 e. The molecule has 0 atom stereocenters. The lowest BCUT2D eigenvalue weighted by Gasteiger charge is -2.11. The molecule has 1 N–H and O–H groups in total. The summed E-state index contributed by atoms with van der Waals surface area (Å²) in [5, 5.41) is 2.94. The molecule has 3 nitrogen and oxygen atoms in total. The number of carbonyl (C=O) groups is 1. The minimum atomic E-state index is -0.130. The molecule has 1 amide bonds. The largest absolute Gasteiger partial charge is 0.492 e. The van der Waals surface area contributed by atoms with E-state index in [-0.39, 0.29) is 5.91 Å². The van der Waals surface area contributed by atoms with Gasteiger partial charge in [0.05, 0.1) is 11.1 Å². The van der Waals surface area contributed by atoms with Gasteiger partial charge in [0.15, 0.2) is 0 Å². The summed E-state index contributed by atoms with van der Waals surface area (Å²) in [5.74, 6) is 1.24. The minimum absolute atomic E-state index is 0.130. The molecule has 0 fully saturated rings. The Morgan fingerprint density at radius 3 is 2.38 bits per heavy atom. The van der Waals surface area contributed by atoms with Gasteiger partial charge in [-0.2, -0.15) is 0 Å². The summed E-state index contributed by atoms with van der Waals surface area (Å²) in [6.45, 7) is 9.03. The Bertz CT molecular complexity index is 705. The molecule has 0 aromatic heterocycles. The van der Waals surface area contributed by atoms with Crippen LogP contribution in [-0.2, 0) is 0 Å². The van der Waals surface area contributed by atoms with E-state index >= 15 is 0 Å². The quantitative estimate of drug-likeness (QED) is 0.683. The van der Waals surface area contributed by atoms with Crippen LogP contribution >= 0.6 is 15.9 Å². The normalized spacial score (nSPS) is 10.8. The number of benzene rings is 2. The fourth-order valence-corrected chi connectivity index (χ4v) is 2.91. The summed E-state index contributed by atoms with van der Waals surface area (Å²) in [6, 6.07) is 11.4. The molecular weight excluding hydrogens is 366 g/mol. The fraction of sp³-hybridized carbons (Fsp3) is 0.350. The lowest BCUT2D eigenvalue weighted by Crippen LogP contribution is -2.12. The van der Waals surface area contributed by atoms with Crippen molar-refractivity contribution in [1.29, 1.82) is 0 Å². The van der Waals surface area contributed by atoms with E-state index in [2.05, 4.69) is 41.2 Å². The molecule has 2 aromatic rings. The van der Waals surface area contributed by atoms with Crippen molar-refractivity contribution in [3.05, 3.63) is 57.6 Å². The molecular formula is C20H24BrNO2. The van der Waals surface area contributed by atoms with Gasteiger partial charge in [0.2, 0.25) is 0 Å². The smallest absolute Gasteiger partial charge is 0.255 e. The van der Waals surface area contributed by atoms with Gasteiger partial charge in [-0.1, -0.05) is 19.9 Å². The van der Waals surface area contributed by atoms with Crippen molar-refractivity contribution in [2.24, 2.45) is 5.92 Å². The Balaban J connectivity index is 2.06. The number of hydrogen-bond acceptors (Lipinski definition) is 2. The summed E-state index contributed by atoms with van der Waals surface area (Å²) >= 11 is 3.49. The maximum atomic E-state index is 12.4. The molecule has 0 spiro atoms. The van der Waals surface area contributed by atoms with Gasteiger partial charge in [-0.3, -0.25) is 4.79 Å². The molecule has 2 aromatic carbocycles. The number of halogens is 1. The van der Waals surface area contributed by atoms with Crippen LogP contribution in [0.2, 0.25) is 0 Å². The monoisotopic (exact) mass is 389 g/mol. The molecule has 128 valence electrons. The molecule has 0 aliphatic rings. The number of amides is 1. The van der Waals surface area contributed by atoms with Crippen LogP contribution < -0.4 is 10.1 Å². The van der Waals surface area contributed by atoms with Crippen molar-refractivity contribution in [1.82, 2.24) is 0 Å². The van der Waals surface area contributed by atoms with Crippen LogP contribution in [0.1, 0.15) is 41.8 Å². The van der Waals surface area contributed by atoms with Gasteiger partial charge in [-0.05, 0) is 83.6 Å². The van der Waals surface area contributed by atoms with Gasteiger partial charge in [0.1, 0.15) is 5.75 Å². The third-order valence-corrected chi connectivity index (χ3v) is 4.25. The molecule has 0 heterocycles. The first-order valence-corrected chi connectivity index (χ1v) is 8.96. The van der Waals surface area contributed by atoms with Gasteiger partial charge >= 0.3 is 0 Å². The van der Waals surface area contributed by atoms with Gasteiger partial charge in [-0.25, -0.2) is 0 Å². The van der Waals surface area contributed by atoms with Crippen LogP contribution in [0, 0.1) is 19.8 Å². The number of anilines is 1. The van der Waals surface area contributed by atoms with Crippen molar-refractivity contribution in [3.8, 4) is 5.75 Å². The average molecular weight is 390 g/mol. The summed E-state index contributed by atoms with van der Waals surface area (Å²) in [5.41, 5.74) is 3.66. The number of hydrogen-bond donors (Lipinski definition) is 1. The van der Waals surface area contributed by atoms with Crippen LogP contribution in [0.4, 0.5) is 5.69 Å². The summed E-state index contributed by atoms with van der Waals surface area (Å²) < 4.78 is 6.54. The standard InChI is InChI=1S/C20H24BrNO2/c1-13(2)7-8-24-19-6-5-16(12-18(19)21)20(23)22-17-10-14(3)9-15(4)11-17/h5-6,9-13H,7-8H2,1-4H3,(H,22,23). The molecule has 0 saturated carbocycles. The predicted molar refractivity (Wildman–Crippen MR) is 103 cm³/mol. The highest BCUT2D eigenvalue weighted by Crippen LogP contribution is 2.27. The van der Waals surface area contributed by atoms with E-state index in [1.54, 1.807) is 12.1 Å². The van der Waals surface area contributed by atoms with Crippen molar-refractivity contribution >= 4 is 27.5 Å². The molecule has 2 rings (SSSR count). The van der Waals surface area contributed by atoms with E-state index < -0.39 is 0 Å². The van der Waals surface area contributed by atoms with Crippen LogP contribution in [0.5, 0.6) is 5.75 Å². The van der Waals surface area contributed by atoms with Crippen molar-refractivity contribution in [2.45, 2.75) is 34.1 Å². The third kappa shape index (κ3) is 5.38. The first-order valence-electron chi connectivity index (χ1n) is 8.17. The second-order valence-electron chi connectivity index (χ2n) is 6.51. The SMILES string of the molecule is Cc1cc(C)cc(NC(=O)c2ccc(OCCC(C)C)c(Br)c2)c1. The molecule has 0 unspecified atom stereocenters. The zero-order chi connectivity index (χ0) is 17.7. The number of carbonyl (C=O) groups excluding carboxylic acids is 1. The molecule has 0 aliphatic carbocycles. The molecule has 0 saturated heterocycles. The Labute approximate surface area is 152 Å². The Kier molecular flexibility index (Phi) is 6.44. The number of aryl methyl sites for hydroxylation is 2. The number of ether oxygens (including phenoxy) is 1. The summed E-state index contributed by atoms with van der Waals surface area (Å²) in [7, 11) is 0. The van der Waals surface area contributed by atoms with Crippen molar-refractivity contribution in [3.63, 3.8) is 0 Å². The Morgan fingerprint density at radius 1 is 1.12 bits per heavy atom. The van der Waals surface area contributed by atoms with Crippen LogP contribution in [0.25, 0.3) is 0 Å². The lowest BCUT2D eigenvalue weighted by atomic mass is 10.1. The Hall–Kier alpha value is -1.81. The molecule has 0 radical (unpaired) electrons. The van der Waals surface area contributed by atoms with E-state index in [1.807, 2.05) is 32.0 Å². The second kappa shape index (κ2) is 8.34. The number of rotatable bonds is 6. The first kappa shape index (κ1) is 18.5. The van der Waals surface area contributed by atoms with Crippen LogP contribution in [0.15, 0.2) is 40.9 Å². The highest BCUT2D eigenvalue weighted by atomic mass is 79.9. The maximum absolute atomic E-state index is 12.4. The zero-order valence-corrected chi connectivity index (χ0v) is 16.2. The van der Waals surface area contributed by atoms with E-state index in [9.17, 15) is 4.79 Å². The van der Waals surface area contributed by atoms with Crippen LogP contribution in [0.3, 0.4) is 0 Å². The third-order valence-electron chi connectivity index (χ3n) is 3.63. The van der Waals surface area contributed by atoms with Gasteiger partial charge in [0.25, 0.3) is 5.91 Å². The van der Waals surface area contributed by atoms with Gasteiger partial charge in [-0.15, -0.1) is 0 Å². The predicted octanol–water partition coefficient (Wildman–Crippen LogP) is 5.74. The topological polar surface area (TPSA) is 38.3 Å². The van der Waals surface area contributed by atoms with Gasteiger partial charge < -0.3 is 10.1 Å². The van der Waals surface area contributed by atoms with E-state index in [0.717, 1.165) is 33.5 Å². The van der Waals surface area contributed by atoms with E-state index in [1.165, 1.54) is 0 Å². The molecule has 4 heteroatoms. The Morgan fingerprint density at radius 2 is 1.79 bits per heavy atom.